The molecule has 2 aromatic heterocycles. The van der Waals surface area contributed by atoms with Crippen molar-refractivity contribution in [3.05, 3.63) is 29.0 Å². The van der Waals surface area contributed by atoms with Crippen molar-refractivity contribution in [2.45, 2.75) is 18.1 Å². The summed E-state index contributed by atoms with van der Waals surface area (Å²) < 4.78 is 75.1. The van der Waals surface area contributed by atoms with Crippen molar-refractivity contribution >= 4 is 28.0 Å². The van der Waals surface area contributed by atoms with Gasteiger partial charge in [-0.3, -0.25) is 5.32 Å². The zero-order valence-corrected chi connectivity index (χ0v) is 16.8. The minimum absolute atomic E-state index is 0.0617. The number of pyridine rings is 1. The fourth-order valence-corrected chi connectivity index (χ4v) is 3.34. The first-order valence-electron chi connectivity index (χ1n) is 7.91. The molecule has 0 radical (unpaired) electrons. The molecular weight excluding hydrogens is 451 g/mol. The largest absolute Gasteiger partial charge is 0.481 e. The van der Waals surface area contributed by atoms with Gasteiger partial charge in [-0.05, 0) is 18.6 Å². The standard InChI is InChI=1S/C15H14F3N5O7S/c1-6-4-7(15(16,17)18)19-11(10(6)12(24)25)31(27,28)23-14(26)22-13-20-8(29-2)5-9(21-13)30-3/h4-5H,1-3H3,(H,24,25)(H2,20,21,22,23,26). The van der Waals surface area contributed by atoms with Crippen LogP contribution in [0.2, 0.25) is 0 Å². The van der Waals surface area contributed by atoms with E-state index in [0.29, 0.717) is 6.07 Å². The molecule has 2 aromatic rings. The van der Waals surface area contributed by atoms with E-state index in [1.165, 1.54) is 25.0 Å². The first-order chi connectivity index (χ1) is 14.3. The second-order valence-corrected chi connectivity index (χ2v) is 7.24. The third-order valence-electron chi connectivity index (χ3n) is 3.49. The number of anilines is 1. The van der Waals surface area contributed by atoms with E-state index >= 15 is 0 Å². The summed E-state index contributed by atoms with van der Waals surface area (Å²) in [5, 5.41) is 9.65. The summed E-state index contributed by atoms with van der Waals surface area (Å²) in [6.45, 7) is 0.954. The normalized spacial score (nSPS) is 11.5. The first kappa shape index (κ1) is 23.6. The number of methoxy groups -OCH3 is 2. The Bertz CT molecular complexity index is 1120. The average molecular weight is 465 g/mol. The quantitative estimate of drug-likeness (QED) is 0.567. The Hall–Kier alpha value is -3.69. The molecule has 0 aliphatic heterocycles. The van der Waals surface area contributed by atoms with Gasteiger partial charge >= 0.3 is 18.2 Å². The number of nitrogens with one attached hydrogen (secondary N) is 2. The molecule has 0 spiro atoms. The van der Waals surface area contributed by atoms with Gasteiger partial charge in [-0.15, -0.1) is 0 Å². The number of amides is 2. The van der Waals surface area contributed by atoms with Gasteiger partial charge in [-0.2, -0.15) is 31.6 Å². The lowest BCUT2D eigenvalue weighted by Gasteiger charge is -2.14. The topological polar surface area (TPSA) is 170 Å². The molecule has 168 valence electrons. The van der Waals surface area contributed by atoms with Gasteiger partial charge < -0.3 is 14.6 Å². The number of aryl methyl sites for hydroxylation is 1. The van der Waals surface area contributed by atoms with Gasteiger partial charge in [-0.25, -0.2) is 19.3 Å². The number of carbonyl (C=O) groups is 2. The Kier molecular flexibility index (Phi) is 6.53. The number of halogens is 3. The van der Waals surface area contributed by atoms with Crippen molar-refractivity contribution in [2.75, 3.05) is 19.5 Å². The Labute approximate surface area is 172 Å². The van der Waals surface area contributed by atoms with Crippen LogP contribution in [-0.2, 0) is 16.2 Å². The van der Waals surface area contributed by atoms with Crippen LogP contribution in [0.4, 0.5) is 23.9 Å². The highest BCUT2D eigenvalue weighted by molar-refractivity contribution is 7.90. The Morgan fingerprint density at radius 1 is 1.06 bits per heavy atom. The molecule has 16 heteroatoms. The molecule has 0 bridgehead atoms. The number of hydrogen-bond acceptors (Lipinski definition) is 9. The molecule has 0 aliphatic rings. The molecule has 2 heterocycles. The number of aromatic carboxylic acids is 1. The van der Waals surface area contributed by atoms with E-state index in [0.717, 1.165) is 6.92 Å². The number of carboxylic acids is 1. The summed E-state index contributed by atoms with van der Waals surface area (Å²) >= 11 is 0. The maximum absolute atomic E-state index is 13.0. The van der Waals surface area contributed by atoms with Crippen LogP contribution < -0.4 is 19.5 Å². The molecule has 12 nitrogen and oxygen atoms in total. The van der Waals surface area contributed by atoms with E-state index in [1.54, 1.807) is 0 Å². The van der Waals surface area contributed by atoms with Crippen LogP contribution in [0.1, 0.15) is 21.6 Å². The van der Waals surface area contributed by atoms with Crippen LogP contribution in [0.25, 0.3) is 0 Å². The number of nitrogens with zero attached hydrogens (tertiary/aromatic N) is 3. The van der Waals surface area contributed by atoms with E-state index in [4.69, 9.17) is 9.47 Å². The van der Waals surface area contributed by atoms with Gasteiger partial charge in [0.2, 0.25) is 17.7 Å². The highest BCUT2D eigenvalue weighted by Gasteiger charge is 2.37. The smallest absolute Gasteiger partial charge is 0.433 e. The number of rotatable bonds is 6. The maximum atomic E-state index is 13.0. The van der Waals surface area contributed by atoms with Crippen molar-refractivity contribution in [1.29, 1.82) is 0 Å². The highest BCUT2D eigenvalue weighted by Crippen LogP contribution is 2.31. The monoisotopic (exact) mass is 465 g/mol. The van der Waals surface area contributed by atoms with E-state index in [2.05, 4.69) is 15.0 Å². The van der Waals surface area contributed by atoms with Crippen LogP contribution >= 0.6 is 0 Å². The van der Waals surface area contributed by atoms with Crippen molar-refractivity contribution in [3.8, 4) is 11.8 Å². The second kappa shape index (κ2) is 8.58. The molecule has 0 fully saturated rings. The molecule has 0 aliphatic carbocycles. The average Bonchev–Trinajstić information content (AvgIpc) is 2.65. The van der Waals surface area contributed by atoms with E-state index < -0.39 is 56.0 Å². The molecule has 0 saturated carbocycles. The molecule has 0 unspecified atom stereocenters. The van der Waals surface area contributed by atoms with Crippen molar-refractivity contribution < 1.29 is 45.8 Å². The van der Waals surface area contributed by atoms with E-state index in [9.17, 15) is 36.3 Å². The third kappa shape index (κ3) is 5.47. The van der Waals surface area contributed by atoms with Crippen LogP contribution in [0.3, 0.4) is 0 Å². The summed E-state index contributed by atoms with van der Waals surface area (Å²) in [7, 11) is -2.68. The lowest BCUT2D eigenvalue weighted by molar-refractivity contribution is -0.141. The molecule has 0 atom stereocenters. The molecule has 3 N–H and O–H groups in total. The minimum atomic E-state index is -5.16. The SMILES string of the molecule is COc1cc(OC)nc(NC(=O)NS(=O)(=O)c2nc(C(F)(F)F)cc(C)c2C(=O)O)n1. The lowest BCUT2D eigenvalue weighted by Crippen LogP contribution is -2.36. The Morgan fingerprint density at radius 2 is 1.61 bits per heavy atom. The van der Waals surface area contributed by atoms with Crippen LogP contribution in [0.15, 0.2) is 17.2 Å². The number of carbonyl (C=O) groups excluding carboxylic acids is 1. The molecule has 31 heavy (non-hydrogen) atoms. The predicted molar refractivity (Wildman–Crippen MR) is 95.4 cm³/mol. The molecular formula is C15H14F3N5O7S. The zero-order valence-electron chi connectivity index (χ0n) is 15.9. The van der Waals surface area contributed by atoms with Gasteiger partial charge in [0, 0.05) is 0 Å². The Balaban J connectivity index is 2.43. The number of alkyl halides is 3. The number of sulfonamides is 1. The van der Waals surface area contributed by atoms with Crippen molar-refractivity contribution in [1.82, 2.24) is 19.7 Å². The molecule has 0 aromatic carbocycles. The van der Waals surface area contributed by atoms with Gasteiger partial charge in [0.25, 0.3) is 10.0 Å². The number of aromatic nitrogens is 3. The summed E-state index contributed by atoms with van der Waals surface area (Å²) in [6.07, 6.45) is -5.07. The number of carboxylic acid groups (broad SMARTS) is 1. The predicted octanol–water partition coefficient (Wildman–Crippen LogP) is 1.42. The first-order valence-corrected chi connectivity index (χ1v) is 9.39. The summed E-state index contributed by atoms with van der Waals surface area (Å²) in [5.41, 5.74) is -3.22. The van der Waals surface area contributed by atoms with Crippen molar-refractivity contribution in [3.63, 3.8) is 0 Å². The van der Waals surface area contributed by atoms with E-state index in [1.807, 2.05) is 5.32 Å². The maximum Gasteiger partial charge on any atom is 0.433 e. The van der Waals surface area contributed by atoms with Crippen molar-refractivity contribution in [2.24, 2.45) is 0 Å². The molecule has 0 saturated heterocycles. The number of hydrogen-bond donors (Lipinski definition) is 3. The number of ether oxygens (including phenoxy) is 2. The molecule has 2 amide bonds. The van der Waals surface area contributed by atoms with E-state index in [-0.39, 0.29) is 11.8 Å². The summed E-state index contributed by atoms with van der Waals surface area (Å²) in [5.74, 6) is -2.46. The highest BCUT2D eigenvalue weighted by atomic mass is 32.2. The van der Waals surface area contributed by atoms with Crippen LogP contribution in [0.5, 0.6) is 11.8 Å². The molecule has 2 rings (SSSR count). The van der Waals surface area contributed by atoms with Crippen LogP contribution in [0, 0.1) is 6.92 Å². The van der Waals surface area contributed by atoms with Gasteiger partial charge in [0.15, 0.2) is 5.03 Å². The zero-order chi connectivity index (χ0) is 23.6. The summed E-state index contributed by atoms with van der Waals surface area (Å²) in [6, 6.07) is 0.108. The van der Waals surface area contributed by atoms with Gasteiger partial charge in [-0.1, -0.05) is 0 Å². The summed E-state index contributed by atoms with van der Waals surface area (Å²) in [4.78, 5) is 33.8. The second-order valence-electron chi connectivity index (χ2n) is 5.64. The lowest BCUT2D eigenvalue weighted by atomic mass is 10.1. The van der Waals surface area contributed by atoms with Gasteiger partial charge in [0.1, 0.15) is 11.3 Å². The fourth-order valence-electron chi connectivity index (χ4n) is 2.21. The minimum Gasteiger partial charge on any atom is -0.481 e. The fraction of sp³-hybridized carbons (Fsp3) is 0.267. The Morgan fingerprint density at radius 3 is 2.06 bits per heavy atom. The third-order valence-corrected chi connectivity index (χ3v) is 4.75. The van der Waals surface area contributed by atoms with Crippen LogP contribution in [-0.4, -0.2) is 54.7 Å². The van der Waals surface area contributed by atoms with Gasteiger partial charge in [0.05, 0.1) is 20.3 Å². The number of urea groups is 1.